The van der Waals surface area contributed by atoms with Crippen molar-refractivity contribution in [1.82, 2.24) is 0 Å². The van der Waals surface area contributed by atoms with Gasteiger partial charge in [0.05, 0.1) is 6.10 Å². The molecule has 0 saturated carbocycles. The lowest BCUT2D eigenvalue weighted by Gasteiger charge is -2.20. The van der Waals surface area contributed by atoms with E-state index in [4.69, 9.17) is 4.52 Å². The minimum Gasteiger partial charge on any atom is -0.344 e. The molecule has 2 N–H and O–H groups in total. The van der Waals surface area contributed by atoms with Crippen molar-refractivity contribution < 1.29 is 23.4 Å². The second-order valence-corrected chi connectivity index (χ2v) is 8.94. The van der Waals surface area contributed by atoms with Crippen molar-refractivity contribution in [3.8, 4) is 0 Å². The second-order valence-electron chi connectivity index (χ2n) is 3.78. The van der Waals surface area contributed by atoms with Gasteiger partial charge in [-0.15, -0.1) is 0 Å². The second kappa shape index (κ2) is 4.91. The molecule has 0 aliphatic rings. The van der Waals surface area contributed by atoms with Gasteiger partial charge in [0.25, 0.3) is 0 Å². The van der Waals surface area contributed by atoms with Gasteiger partial charge in [0.2, 0.25) is 7.37 Å². The first-order chi connectivity index (χ1) is 6.07. The van der Waals surface area contributed by atoms with Crippen LogP contribution >= 0.6 is 15.0 Å². The van der Waals surface area contributed by atoms with E-state index in [2.05, 4.69) is 0 Å². The fourth-order valence-electron chi connectivity index (χ4n) is 0.782. The third-order valence-electron chi connectivity index (χ3n) is 1.56. The Bertz CT molecular complexity index is 273. The van der Waals surface area contributed by atoms with E-state index in [0.717, 1.165) is 0 Å². The van der Waals surface area contributed by atoms with Crippen molar-refractivity contribution in [1.29, 1.82) is 0 Å². The van der Waals surface area contributed by atoms with Crippen LogP contribution in [0.1, 0.15) is 27.7 Å². The molecule has 0 fully saturated rings. The lowest BCUT2D eigenvalue weighted by Crippen LogP contribution is -2.07. The van der Waals surface area contributed by atoms with Crippen LogP contribution in [0.5, 0.6) is 0 Å². The quantitative estimate of drug-likeness (QED) is 0.724. The highest BCUT2D eigenvalue weighted by Crippen LogP contribution is 2.60. The van der Waals surface area contributed by atoms with Crippen LogP contribution in [0.3, 0.4) is 0 Å². The third-order valence-corrected chi connectivity index (χ3v) is 6.98. The van der Waals surface area contributed by atoms with Gasteiger partial charge in [-0.25, -0.2) is 0 Å². The summed E-state index contributed by atoms with van der Waals surface area (Å²) in [5.41, 5.74) is -0.529. The molecule has 0 amide bonds. The molecule has 0 aromatic heterocycles. The lowest BCUT2D eigenvalue weighted by molar-refractivity contribution is 0.207. The van der Waals surface area contributed by atoms with Gasteiger partial charge in [0.1, 0.15) is 5.90 Å². The van der Waals surface area contributed by atoms with Gasteiger partial charge < -0.3 is 14.3 Å². The smallest absolute Gasteiger partial charge is 0.337 e. The molecule has 14 heavy (non-hydrogen) atoms. The summed E-state index contributed by atoms with van der Waals surface area (Å²) in [6.07, 6.45) is -0.432. The summed E-state index contributed by atoms with van der Waals surface area (Å²) in [5.74, 6) is -0.671. The van der Waals surface area contributed by atoms with Gasteiger partial charge in [-0.1, -0.05) is 13.8 Å². The fraction of sp³-hybridized carbons (Fsp3) is 1.00. The van der Waals surface area contributed by atoms with Gasteiger partial charge in [-0.05, 0) is 13.8 Å². The molecule has 0 heterocycles. The molecule has 7 heteroatoms. The Morgan fingerprint density at radius 3 is 1.86 bits per heavy atom. The van der Waals surface area contributed by atoms with E-state index in [1.807, 2.05) is 0 Å². The van der Waals surface area contributed by atoms with Crippen LogP contribution < -0.4 is 0 Å². The van der Waals surface area contributed by atoms with E-state index in [1.54, 1.807) is 13.8 Å². The molecule has 0 aliphatic carbocycles. The maximum atomic E-state index is 11.5. The molecule has 2 unspecified atom stereocenters. The summed E-state index contributed by atoms with van der Waals surface area (Å²) in [5, 5.41) is 0. The summed E-state index contributed by atoms with van der Waals surface area (Å²) in [6, 6.07) is 0. The van der Waals surface area contributed by atoms with E-state index in [0.29, 0.717) is 0 Å². The number of rotatable bonds is 5. The van der Waals surface area contributed by atoms with Crippen molar-refractivity contribution in [3.05, 3.63) is 0 Å². The van der Waals surface area contributed by atoms with E-state index >= 15 is 0 Å². The summed E-state index contributed by atoms with van der Waals surface area (Å²) in [7, 11) is -7.52. The molecule has 2 atom stereocenters. The zero-order valence-corrected chi connectivity index (χ0v) is 10.7. The zero-order chi connectivity index (χ0) is 11.6. The normalized spacial score (nSPS) is 20.9. The highest BCUT2D eigenvalue weighted by atomic mass is 31.2. The monoisotopic (exact) mass is 244 g/mol. The van der Waals surface area contributed by atoms with Crippen molar-refractivity contribution >= 4 is 15.0 Å². The molecule has 0 aliphatic heterocycles. The van der Waals surface area contributed by atoms with Crippen LogP contribution in [0, 0.1) is 0 Å². The summed E-state index contributed by atoms with van der Waals surface area (Å²) in [4.78, 5) is 18.7. The first-order valence-corrected chi connectivity index (χ1v) is 8.06. The summed E-state index contributed by atoms with van der Waals surface area (Å²) < 4.78 is 27.5. The predicted octanol–water partition coefficient (Wildman–Crippen LogP) is 2.23. The van der Waals surface area contributed by atoms with Gasteiger partial charge in [0.15, 0.2) is 0 Å². The molecule has 0 aromatic rings. The number of hydrogen-bond donors (Lipinski definition) is 2. The van der Waals surface area contributed by atoms with Gasteiger partial charge >= 0.3 is 7.60 Å². The Morgan fingerprint density at radius 1 is 1.14 bits per heavy atom. The maximum Gasteiger partial charge on any atom is 0.337 e. The third kappa shape index (κ3) is 5.28. The van der Waals surface area contributed by atoms with Gasteiger partial charge in [-0.3, -0.25) is 9.13 Å². The molecule has 0 bridgehead atoms. The van der Waals surface area contributed by atoms with Gasteiger partial charge in [-0.2, -0.15) is 0 Å². The van der Waals surface area contributed by atoms with E-state index in [-0.39, 0.29) is 0 Å². The minimum absolute atomic E-state index is 0.432. The van der Waals surface area contributed by atoms with Crippen LogP contribution in [0.2, 0.25) is 0 Å². The lowest BCUT2D eigenvalue weighted by atomic mass is 10.5. The highest BCUT2D eigenvalue weighted by Gasteiger charge is 2.35. The van der Waals surface area contributed by atoms with Crippen molar-refractivity contribution in [2.75, 3.05) is 5.90 Å². The molecule has 0 aromatic carbocycles. The van der Waals surface area contributed by atoms with Gasteiger partial charge in [0, 0.05) is 5.66 Å². The molecular formula is C7H18O5P2. The van der Waals surface area contributed by atoms with Crippen LogP contribution in [-0.4, -0.2) is 27.5 Å². The Balaban J connectivity index is 4.51. The van der Waals surface area contributed by atoms with E-state index in [1.165, 1.54) is 13.8 Å². The molecule has 0 radical (unpaired) electrons. The Morgan fingerprint density at radius 2 is 1.57 bits per heavy atom. The van der Waals surface area contributed by atoms with Crippen molar-refractivity contribution in [2.45, 2.75) is 39.5 Å². The largest absolute Gasteiger partial charge is 0.344 e. The highest BCUT2D eigenvalue weighted by molar-refractivity contribution is 7.73. The van der Waals surface area contributed by atoms with Crippen LogP contribution in [-0.2, 0) is 13.7 Å². The zero-order valence-electron chi connectivity index (χ0n) is 8.88. The first kappa shape index (κ1) is 14.3. The van der Waals surface area contributed by atoms with E-state index < -0.39 is 32.6 Å². The number of hydrogen-bond acceptors (Lipinski definition) is 3. The molecule has 0 rings (SSSR count). The van der Waals surface area contributed by atoms with Crippen molar-refractivity contribution in [3.63, 3.8) is 0 Å². The molecule has 0 saturated heterocycles. The summed E-state index contributed by atoms with van der Waals surface area (Å²) in [6.45, 7) is 6.27. The maximum absolute atomic E-state index is 11.5. The standard InChI is InChI=1S/C7H18O5P2/c1-6(2)12-14(10,11)5-13(8,9)7(3)4/h6-7H,5H2,1-4H3,(H,8,9)(H,10,11). The average Bonchev–Trinajstić information content (AvgIpc) is 1.79. The van der Waals surface area contributed by atoms with Crippen LogP contribution in [0.4, 0.5) is 0 Å². The fourth-order valence-corrected chi connectivity index (χ4v) is 5.06. The Kier molecular flexibility index (Phi) is 5.03. The first-order valence-electron chi connectivity index (χ1n) is 4.38. The van der Waals surface area contributed by atoms with E-state index in [9.17, 15) is 18.9 Å². The minimum atomic E-state index is -3.94. The van der Waals surface area contributed by atoms with Crippen LogP contribution in [0.25, 0.3) is 0 Å². The average molecular weight is 244 g/mol. The Labute approximate surface area is 84.5 Å². The Hall–Kier alpha value is 0.340. The van der Waals surface area contributed by atoms with Crippen LogP contribution in [0.15, 0.2) is 0 Å². The molecule has 86 valence electrons. The SMILES string of the molecule is CC(C)OP(=O)(O)CP(=O)(O)C(C)C. The molecule has 0 spiro atoms. The molecule has 5 nitrogen and oxygen atoms in total. The summed E-state index contributed by atoms with van der Waals surface area (Å²) >= 11 is 0. The topological polar surface area (TPSA) is 83.8 Å². The van der Waals surface area contributed by atoms with Crippen molar-refractivity contribution in [2.24, 2.45) is 0 Å². The molecular weight excluding hydrogens is 226 g/mol. The predicted molar refractivity (Wildman–Crippen MR) is 55.9 cm³/mol.